The Balaban J connectivity index is 1.90. The molecule has 114 valence electrons. The predicted molar refractivity (Wildman–Crippen MR) is 83.9 cm³/mol. The van der Waals surface area contributed by atoms with Gasteiger partial charge in [0.25, 0.3) is 12.2 Å². The first-order valence-corrected chi connectivity index (χ1v) is 7.23. The van der Waals surface area contributed by atoms with Crippen molar-refractivity contribution in [3.8, 4) is 0 Å². The van der Waals surface area contributed by atoms with Crippen LogP contribution in [0.25, 0.3) is 11.3 Å². The Labute approximate surface area is 132 Å². The maximum Gasteiger partial charge on any atom is 0.305 e. The molecule has 1 amide bonds. The first kappa shape index (κ1) is 13.6. The molecule has 0 aromatic heterocycles. The Morgan fingerprint density at radius 1 is 1.09 bits per heavy atom. The number of amides is 1. The van der Waals surface area contributed by atoms with Gasteiger partial charge in [-0.1, -0.05) is 42.5 Å². The molecule has 23 heavy (non-hydrogen) atoms. The second-order valence-electron chi connectivity index (χ2n) is 5.35. The van der Waals surface area contributed by atoms with Gasteiger partial charge in [-0.2, -0.15) is 0 Å². The minimum absolute atomic E-state index is 0.223. The highest BCUT2D eigenvalue weighted by molar-refractivity contribution is 6.36. The normalized spacial score (nSPS) is 21.3. The van der Waals surface area contributed by atoms with E-state index in [-0.39, 0.29) is 5.91 Å². The zero-order valence-electron chi connectivity index (χ0n) is 12.3. The monoisotopic (exact) mass is 307 g/mol. The molecule has 1 unspecified atom stereocenters. The average molecular weight is 307 g/mol. The van der Waals surface area contributed by atoms with Gasteiger partial charge in [-0.15, -0.1) is 0 Å². The molecule has 1 N–H and O–H groups in total. The molecule has 5 nitrogen and oxygen atoms in total. The third-order valence-electron chi connectivity index (χ3n) is 3.86. The maximum atomic E-state index is 12.4. The van der Waals surface area contributed by atoms with E-state index in [2.05, 4.69) is 5.32 Å². The fourth-order valence-corrected chi connectivity index (χ4v) is 2.92. The van der Waals surface area contributed by atoms with Crippen molar-refractivity contribution >= 4 is 28.9 Å². The number of nitrogens with one attached hydrogen (secondary N) is 1. The van der Waals surface area contributed by atoms with Crippen molar-refractivity contribution in [3.63, 3.8) is 0 Å². The van der Waals surface area contributed by atoms with Crippen molar-refractivity contribution in [1.82, 2.24) is 0 Å². The first-order valence-electron chi connectivity index (χ1n) is 7.23. The highest BCUT2D eigenvalue weighted by atomic mass is 16.7. The van der Waals surface area contributed by atoms with Crippen molar-refractivity contribution in [1.29, 1.82) is 0 Å². The van der Waals surface area contributed by atoms with Crippen LogP contribution < -0.4 is 5.32 Å². The third-order valence-corrected chi connectivity index (χ3v) is 3.86. The van der Waals surface area contributed by atoms with Crippen molar-refractivity contribution in [2.75, 3.05) is 5.32 Å². The fourth-order valence-electron chi connectivity index (χ4n) is 2.92. The van der Waals surface area contributed by atoms with E-state index < -0.39 is 12.3 Å². The van der Waals surface area contributed by atoms with Crippen LogP contribution in [0.4, 0.5) is 5.69 Å². The van der Waals surface area contributed by atoms with Crippen molar-refractivity contribution in [3.05, 3.63) is 65.2 Å². The lowest BCUT2D eigenvalue weighted by molar-refractivity contribution is -0.163. The van der Waals surface area contributed by atoms with E-state index in [0.29, 0.717) is 11.3 Å². The van der Waals surface area contributed by atoms with E-state index in [1.807, 2.05) is 48.5 Å². The zero-order chi connectivity index (χ0) is 16.0. The largest absolute Gasteiger partial charge is 0.449 e. The Morgan fingerprint density at radius 2 is 1.78 bits per heavy atom. The minimum atomic E-state index is -0.827. The standard InChI is InChI=1S/C18H13NO4/c1-10(20)22-18-12-7-3-2-6-11(12)16(23-18)15-13-8-4-5-9-14(13)19-17(15)21/h2-9,18H,1H3,(H,19,21)/b16-15+. The number of carbonyl (C=O) groups is 2. The second kappa shape index (κ2) is 4.98. The highest BCUT2D eigenvalue weighted by Gasteiger charge is 2.37. The number of benzene rings is 2. The number of hydrogen-bond acceptors (Lipinski definition) is 4. The van der Waals surface area contributed by atoms with Crippen LogP contribution in [0.2, 0.25) is 0 Å². The van der Waals surface area contributed by atoms with E-state index in [9.17, 15) is 9.59 Å². The van der Waals surface area contributed by atoms with Crippen LogP contribution in [0, 0.1) is 0 Å². The summed E-state index contributed by atoms with van der Waals surface area (Å²) in [5, 5.41) is 2.83. The van der Waals surface area contributed by atoms with Crippen LogP contribution in [0.1, 0.15) is 29.9 Å². The molecule has 0 bridgehead atoms. The van der Waals surface area contributed by atoms with Gasteiger partial charge < -0.3 is 14.8 Å². The number of rotatable bonds is 1. The molecule has 0 spiro atoms. The molecular weight excluding hydrogens is 294 g/mol. The van der Waals surface area contributed by atoms with Gasteiger partial charge in [-0.05, 0) is 6.07 Å². The van der Waals surface area contributed by atoms with Crippen molar-refractivity contribution in [2.45, 2.75) is 13.2 Å². The molecule has 2 aliphatic heterocycles. The molecule has 0 radical (unpaired) electrons. The second-order valence-corrected chi connectivity index (χ2v) is 5.35. The van der Waals surface area contributed by atoms with E-state index in [1.54, 1.807) is 0 Å². The van der Waals surface area contributed by atoms with Gasteiger partial charge in [0.1, 0.15) is 5.76 Å². The highest BCUT2D eigenvalue weighted by Crippen LogP contribution is 2.45. The Kier molecular flexibility index (Phi) is 2.94. The van der Waals surface area contributed by atoms with Gasteiger partial charge in [-0.3, -0.25) is 9.59 Å². The quantitative estimate of drug-likeness (QED) is 0.649. The Morgan fingerprint density at radius 3 is 2.57 bits per heavy atom. The molecular formula is C18H13NO4. The smallest absolute Gasteiger partial charge is 0.305 e. The maximum absolute atomic E-state index is 12.4. The molecule has 2 aliphatic rings. The number of fused-ring (bicyclic) bond motifs is 2. The summed E-state index contributed by atoms with van der Waals surface area (Å²) >= 11 is 0. The van der Waals surface area contributed by atoms with Gasteiger partial charge in [-0.25, -0.2) is 0 Å². The van der Waals surface area contributed by atoms with E-state index in [4.69, 9.17) is 9.47 Å². The summed E-state index contributed by atoms with van der Waals surface area (Å²) in [5.41, 5.74) is 3.49. The van der Waals surface area contributed by atoms with Crippen LogP contribution in [0.5, 0.6) is 0 Å². The summed E-state index contributed by atoms with van der Waals surface area (Å²) in [5.74, 6) is -0.221. The van der Waals surface area contributed by atoms with Gasteiger partial charge in [0.15, 0.2) is 0 Å². The number of anilines is 1. The lowest BCUT2D eigenvalue weighted by Crippen LogP contribution is -2.08. The van der Waals surface area contributed by atoms with Crippen molar-refractivity contribution in [2.24, 2.45) is 0 Å². The van der Waals surface area contributed by atoms with E-state index in [1.165, 1.54) is 6.92 Å². The van der Waals surface area contributed by atoms with Gasteiger partial charge >= 0.3 is 5.97 Å². The Bertz CT molecular complexity index is 869. The lowest BCUT2D eigenvalue weighted by atomic mass is 10.0. The van der Waals surface area contributed by atoms with E-state index in [0.717, 1.165) is 22.4 Å². The van der Waals surface area contributed by atoms with Crippen LogP contribution in [-0.4, -0.2) is 11.9 Å². The number of hydrogen-bond donors (Lipinski definition) is 1. The molecule has 4 rings (SSSR count). The summed E-state index contributed by atoms with van der Waals surface area (Å²) in [6.45, 7) is 1.33. The molecule has 1 atom stereocenters. The number of ether oxygens (including phenoxy) is 2. The molecule has 2 heterocycles. The SMILES string of the molecule is CC(=O)OC1O/C(=C2/C(=O)Nc3ccccc32)c2ccccc21. The summed E-state index contributed by atoms with van der Waals surface area (Å²) in [6, 6.07) is 14.8. The lowest BCUT2D eigenvalue weighted by Gasteiger charge is -2.12. The zero-order valence-corrected chi connectivity index (χ0v) is 12.3. The fraction of sp³-hybridized carbons (Fsp3) is 0.111. The van der Waals surface area contributed by atoms with Crippen LogP contribution >= 0.6 is 0 Å². The number of carbonyl (C=O) groups excluding carboxylic acids is 2. The first-order chi connectivity index (χ1) is 11.1. The van der Waals surface area contributed by atoms with Crippen molar-refractivity contribution < 1.29 is 19.1 Å². The Hall–Kier alpha value is -3.08. The summed E-state index contributed by atoms with van der Waals surface area (Å²) in [7, 11) is 0. The molecule has 2 aromatic rings. The number of esters is 1. The molecule has 0 fully saturated rings. The van der Waals surface area contributed by atoms with Crippen LogP contribution in [0.15, 0.2) is 48.5 Å². The molecule has 0 aliphatic carbocycles. The summed E-state index contributed by atoms with van der Waals surface area (Å²) in [6.07, 6.45) is -0.827. The topological polar surface area (TPSA) is 64.6 Å². The van der Waals surface area contributed by atoms with Gasteiger partial charge in [0, 0.05) is 29.3 Å². The third kappa shape index (κ3) is 2.09. The predicted octanol–water partition coefficient (Wildman–Crippen LogP) is 3.10. The molecule has 5 heteroatoms. The van der Waals surface area contributed by atoms with Gasteiger partial charge in [0.2, 0.25) is 0 Å². The summed E-state index contributed by atoms with van der Waals surface area (Å²) in [4.78, 5) is 23.7. The minimum Gasteiger partial charge on any atom is -0.449 e. The molecule has 0 saturated carbocycles. The summed E-state index contributed by atoms with van der Waals surface area (Å²) < 4.78 is 11.1. The average Bonchev–Trinajstić information content (AvgIpc) is 3.04. The molecule has 0 saturated heterocycles. The van der Waals surface area contributed by atoms with Gasteiger partial charge in [0.05, 0.1) is 5.57 Å². The number of para-hydroxylation sites is 1. The van der Waals surface area contributed by atoms with E-state index >= 15 is 0 Å². The molecule has 2 aromatic carbocycles. The van der Waals surface area contributed by atoms with Crippen LogP contribution in [0.3, 0.4) is 0 Å². The van der Waals surface area contributed by atoms with Crippen LogP contribution in [-0.2, 0) is 19.1 Å².